The van der Waals surface area contributed by atoms with Crippen molar-refractivity contribution in [3.05, 3.63) is 0 Å². The zero-order chi connectivity index (χ0) is 14.6. The SMILES string of the molecule is CN(C(=O)CNCC(=O)C(C)(C)[I-]I)C(C)(C)C. The number of carbonyl (C=O) groups excluding carboxylic acids is 2. The van der Waals surface area contributed by atoms with E-state index in [1.165, 1.54) is 0 Å². The van der Waals surface area contributed by atoms with Crippen molar-refractivity contribution in [3.8, 4) is 0 Å². The van der Waals surface area contributed by atoms with Crippen molar-refractivity contribution in [1.29, 1.82) is 0 Å². The number of alkyl halides is 1. The maximum absolute atomic E-state index is 11.9. The van der Waals surface area contributed by atoms with Gasteiger partial charge in [-0.1, -0.05) is 0 Å². The first-order valence-corrected chi connectivity index (χ1v) is 13.2. The predicted molar refractivity (Wildman–Crippen MR) is 78.5 cm³/mol. The van der Waals surface area contributed by atoms with Crippen molar-refractivity contribution >= 4 is 30.3 Å². The number of rotatable bonds is 6. The van der Waals surface area contributed by atoms with Gasteiger partial charge in [0, 0.05) is 0 Å². The number of nitrogens with zero attached hydrogens (tertiary/aromatic N) is 1. The van der Waals surface area contributed by atoms with Crippen LogP contribution in [-0.4, -0.2) is 45.7 Å². The van der Waals surface area contributed by atoms with E-state index >= 15 is 0 Å². The molecule has 0 aromatic heterocycles. The molecule has 0 rings (SSSR count). The molecular weight excluding hydrogens is 458 g/mol. The van der Waals surface area contributed by atoms with Gasteiger partial charge >= 0.3 is 131 Å². The second kappa shape index (κ2) is 7.37. The zero-order valence-electron chi connectivity index (χ0n) is 11.9. The Morgan fingerprint density at radius 2 is 1.67 bits per heavy atom. The number of Topliss-reactive ketones (excluding diaryl/α,β-unsaturated/α-hetero) is 1. The van der Waals surface area contributed by atoms with Gasteiger partial charge in [0.15, 0.2) is 0 Å². The third kappa shape index (κ3) is 6.14. The van der Waals surface area contributed by atoms with Crippen LogP contribution in [0.4, 0.5) is 0 Å². The molecule has 0 aromatic carbocycles. The molecule has 0 radical (unpaired) electrons. The summed E-state index contributed by atoms with van der Waals surface area (Å²) in [4.78, 5) is 25.4. The molecule has 0 unspecified atom stereocenters. The number of carbonyl (C=O) groups is 2. The summed E-state index contributed by atoms with van der Waals surface area (Å²) in [6, 6.07) is 0. The third-order valence-electron chi connectivity index (χ3n) is 2.78. The Balaban J connectivity index is 4.15. The molecule has 18 heavy (non-hydrogen) atoms. The van der Waals surface area contributed by atoms with E-state index in [-0.39, 0.29) is 51.0 Å². The first-order chi connectivity index (χ1) is 8.02. The van der Waals surface area contributed by atoms with E-state index in [1.54, 1.807) is 11.9 Å². The Kier molecular flexibility index (Phi) is 7.60. The van der Waals surface area contributed by atoms with Gasteiger partial charge in [0.2, 0.25) is 0 Å². The van der Waals surface area contributed by atoms with Crippen molar-refractivity contribution in [1.82, 2.24) is 10.2 Å². The quantitative estimate of drug-likeness (QED) is 0.376. The van der Waals surface area contributed by atoms with E-state index in [0.29, 0.717) is 0 Å². The van der Waals surface area contributed by atoms with Crippen LogP contribution in [0.25, 0.3) is 0 Å². The molecule has 0 fully saturated rings. The molecule has 4 nitrogen and oxygen atoms in total. The van der Waals surface area contributed by atoms with Crippen LogP contribution < -0.4 is 22.5 Å². The number of nitrogens with one attached hydrogen (secondary N) is 1. The standard InChI is InChI=1S/C12H23I2N2O2/c1-11(2,3)16(6)10(18)8-15-7-9(17)12(4,5)14-13/h15H,7-8H2,1-6H3/q-1. The van der Waals surface area contributed by atoms with Crippen molar-refractivity contribution in [2.75, 3.05) is 20.1 Å². The topological polar surface area (TPSA) is 49.4 Å². The molecular formula is C12H23I2N2O2-. The minimum absolute atomic E-state index is 0.0114. The average Bonchev–Trinajstić information content (AvgIpc) is 2.26. The molecule has 0 heterocycles. The van der Waals surface area contributed by atoms with Gasteiger partial charge in [-0.25, -0.2) is 0 Å². The molecule has 0 bridgehead atoms. The number of likely N-dealkylation sites (N-methyl/N-ethyl adjacent to an activating group) is 1. The van der Waals surface area contributed by atoms with Crippen molar-refractivity contribution < 1.29 is 26.8 Å². The zero-order valence-corrected chi connectivity index (χ0v) is 16.2. The van der Waals surface area contributed by atoms with Crippen LogP contribution in [0.15, 0.2) is 0 Å². The molecule has 0 aromatic rings. The van der Waals surface area contributed by atoms with Gasteiger partial charge < -0.3 is 0 Å². The monoisotopic (exact) mass is 481 g/mol. The Morgan fingerprint density at radius 1 is 1.17 bits per heavy atom. The van der Waals surface area contributed by atoms with Crippen molar-refractivity contribution in [2.45, 2.75) is 43.6 Å². The third-order valence-corrected chi connectivity index (χ3v) is 11.2. The summed E-state index contributed by atoms with van der Waals surface area (Å²) in [5, 5.41) is 2.95. The van der Waals surface area contributed by atoms with E-state index in [9.17, 15) is 9.59 Å². The average molecular weight is 481 g/mol. The maximum atomic E-state index is 11.9. The molecule has 0 aliphatic heterocycles. The van der Waals surface area contributed by atoms with E-state index in [2.05, 4.69) is 23.9 Å². The molecule has 108 valence electrons. The summed E-state index contributed by atoms with van der Waals surface area (Å²) in [6.45, 7) is 10.4. The van der Waals surface area contributed by atoms with Crippen LogP contribution >= 0.6 is 18.6 Å². The van der Waals surface area contributed by atoms with Gasteiger partial charge in [0.1, 0.15) is 0 Å². The Hall–Kier alpha value is 0.560. The van der Waals surface area contributed by atoms with Gasteiger partial charge in [0.25, 0.3) is 0 Å². The summed E-state index contributed by atoms with van der Waals surface area (Å²) in [5.74, 6) is 0.202. The first kappa shape index (κ1) is 18.6. The van der Waals surface area contributed by atoms with Crippen LogP contribution in [0.5, 0.6) is 0 Å². The number of amides is 1. The summed E-state index contributed by atoms with van der Waals surface area (Å²) < 4.78 is -0.217. The Bertz CT molecular complexity index is 312. The fourth-order valence-corrected chi connectivity index (χ4v) is 2.97. The second-order valence-corrected chi connectivity index (χ2v) is 11.5. The van der Waals surface area contributed by atoms with E-state index in [0.717, 1.165) is 0 Å². The molecule has 0 aliphatic rings. The number of ketones is 1. The van der Waals surface area contributed by atoms with E-state index in [4.69, 9.17) is 0 Å². The molecule has 0 atom stereocenters. The summed E-state index contributed by atoms with van der Waals surface area (Å²) in [5.41, 5.74) is -0.185. The normalized spacial score (nSPS) is 12.6. The molecule has 0 saturated heterocycles. The molecule has 1 amide bonds. The molecule has 0 spiro atoms. The van der Waals surface area contributed by atoms with Gasteiger partial charge in [-0.15, -0.1) is 0 Å². The fourth-order valence-electron chi connectivity index (χ4n) is 1.03. The molecule has 1 N–H and O–H groups in total. The number of hydrogen-bond acceptors (Lipinski definition) is 3. The summed E-state index contributed by atoms with van der Waals surface area (Å²) in [6.07, 6.45) is 0. The molecule has 0 aliphatic carbocycles. The summed E-state index contributed by atoms with van der Waals surface area (Å²) in [7, 11) is 1.78. The number of halogens is 2. The predicted octanol–water partition coefficient (Wildman–Crippen LogP) is -1.38. The summed E-state index contributed by atoms with van der Waals surface area (Å²) >= 11 is 2.16. The van der Waals surface area contributed by atoms with E-state index in [1.807, 2.05) is 34.6 Å². The molecule has 0 saturated carbocycles. The Labute approximate surface area is 130 Å². The van der Waals surface area contributed by atoms with Crippen molar-refractivity contribution in [2.24, 2.45) is 0 Å². The Morgan fingerprint density at radius 3 is 2.06 bits per heavy atom. The van der Waals surface area contributed by atoms with Crippen LogP contribution in [0.1, 0.15) is 34.6 Å². The fraction of sp³-hybridized carbons (Fsp3) is 0.833. The van der Waals surface area contributed by atoms with Crippen LogP contribution in [-0.2, 0) is 9.59 Å². The molecule has 6 heteroatoms. The first-order valence-electron chi connectivity index (χ1n) is 5.80. The van der Waals surface area contributed by atoms with Gasteiger partial charge in [-0.3, -0.25) is 0 Å². The van der Waals surface area contributed by atoms with Crippen LogP contribution in [0, 0.1) is 0 Å². The van der Waals surface area contributed by atoms with Crippen molar-refractivity contribution in [3.63, 3.8) is 0 Å². The van der Waals surface area contributed by atoms with Crippen LogP contribution in [0.2, 0.25) is 0 Å². The van der Waals surface area contributed by atoms with E-state index < -0.39 is 0 Å². The van der Waals surface area contributed by atoms with Gasteiger partial charge in [-0.05, 0) is 0 Å². The van der Waals surface area contributed by atoms with Gasteiger partial charge in [-0.2, -0.15) is 0 Å². The number of hydrogen-bond donors (Lipinski definition) is 1. The van der Waals surface area contributed by atoms with Crippen LogP contribution in [0.3, 0.4) is 0 Å². The minimum atomic E-state index is -0.217. The van der Waals surface area contributed by atoms with Gasteiger partial charge in [0.05, 0.1) is 0 Å². The second-order valence-electron chi connectivity index (χ2n) is 5.69.